The van der Waals surface area contributed by atoms with Crippen LogP contribution in [0.25, 0.3) is 0 Å². The van der Waals surface area contributed by atoms with Gasteiger partial charge in [-0.15, -0.1) is 24.8 Å². The van der Waals surface area contributed by atoms with Crippen molar-refractivity contribution in [3.63, 3.8) is 0 Å². The summed E-state index contributed by atoms with van der Waals surface area (Å²) in [6.45, 7) is 8.76. The third-order valence-electron chi connectivity index (χ3n) is 3.91. The zero-order valence-corrected chi connectivity index (χ0v) is 14.6. The lowest BCUT2D eigenvalue weighted by Gasteiger charge is -2.36. The maximum Gasteiger partial charge on any atom is 0.120 e. The van der Waals surface area contributed by atoms with Gasteiger partial charge in [0.25, 0.3) is 0 Å². The number of hydrogen-bond donors (Lipinski definition) is 2. The van der Waals surface area contributed by atoms with E-state index in [1.54, 1.807) is 6.07 Å². The van der Waals surface area contributed by atoms with Crippen molar-refractivity contribution >= 4 is 24.8 Å². The third kappa shape index (κ3) is 6.03. The van der Waals surface area contributed by atoms with Gasteiger partial charge in [-0.1, -0.05) is 32.0 Å². The Kier molecular flexibility index (Phi) is 10.0. The van der Waals surface area contributed by atoms with Crippen molar-refractivity contribution in [2.45, 2.75) is 32.7 Å². The van der Waals surface area contributed by atoms with Crippen LogP contribution in [-0.2, 0) is 0 Å². The Labute approximate surface area is 140 Å². The van der Waals surface area contributed by atoms with Crippen LogP contribution >= 0.6 is 24.8 Å². The SMILES string of the molecule is CC(C)CC[C@H](c1ccccc1O)N1CCNCC1.Cl.Cl. The Morgan fingerprint density at radius 3 is 2.29 bits per heavy atom. The molecule has 1 fully saturated rings. The molecule has 0 unspecified atom stereocenters. The molecular weight excluding hydrogens is 307 g/mol. The van der Waals surface area contributed by atoms with Crippen molar-refractivity contribution in [3.05, 3.63) is 29.8 Å². The quantitative estimate of drug-likeness (QED) is 0.863. The molecule has 0 amide bonds. The molecule has 0 aliphatic carbocycles. The van der Waals surface area contributed by atoms with Crippen LogP contribution in [0.3, 0.4) is 0 Å². The predicted octanol–water partition coefficient (Wildman–Crippen LogP) is 3.62. The zero-order chi connectivity index (χ0) is 13.7. The molecule has 1 aliphatic heterocycles. The van der Waals surface area contributed by atoms with Crippen LogP contribution in [0.2, 0.25) is 0 Å². The summed E-state index contributed by atoms with van der Waals surface area (Å²) in [5.74, 6) is 1.14. The Hall–Kier alpha value is -0.480. The van der Waals surface area contributed by atoms with E-state index in [9.17, 15) is 5.11 Å². The molecule has 5 heteroatoms. The normalized spacial score (nSPS) is 16.9. The van der Waals surface area contributed by atoms with E-state index in [1.165, 1.54) is 6.42 Å². The number of hydrogen-bond acceptors (Lipinski definition) is 3. The second kappa shape index (κ2) is 10.3. The summed E-state index contributed by atoms with van der Waals surface area (Å²) < 4.78 is 0. The number of nitrogens with zero attached hydrogens (tertiary/aromatic N) is 1. The summed E-state index contributed by atoms with van der Waals surface area (Å²) in [7, 11) is 0. The van der Waals surface area contributed by atoms with Gasteiger partial charge in [0.15, 0.2) is 0 Å². The maximum atomic E-state index is 10.1. The minimum atomic E-state index is 0. The molecule has 122 valence electrons. The lowest BCUT2D eigenvalue weighted by atomic mass is 9.95. The zero-order valence-electron chi connectivity index (χ0n) is 12.9. The number of para-hydroxylation sites is 1. The molecule has 1 saturated heterocycles. The van der Waals surface area contributed by atoms with Gasteiger partial charge in [0, 0.05) is 37.8 Å². The number of aromatic hydroxyl groups is 1. The van der Waals surface area contributed by atoms with E-state index < -0.39 is 0 Å². The first-order valence-electron chi connectivity index (χ1n) is 7.41. The maximum absolute atomic E-state index is 10.1. The fourth-order valence-corrected chi connectivity index (χ4v) is 2.79. The molecule has 1 aromatic carbocycles. The molecule has 0 spiro atoms. The average Bonchev–Trinajstić information content (AvgIpc) is 2.42. The van der Waals surface area contributed by atoms with E-state index in [2.05, 4.69) is 30.1 Å². The molecule has 0 aromatic heterocycles. The van der Waals surface area contributed by atoms with E-state index in [4.69, 9.17) is 0 Å². The monoisotopic (exact) mass is 334 g/mol. The van der Waals surface area contributed by atoms with Gasteiger partial charge in [-0.05, 0) is 24.8 Å². The van der Waals surface area contributed by atoms with E-state index in [-0.39, 0.29) is 24.8 Å². The minimum Gasteiger partial charge on any atom is -0.508 e. The molecule has 2 N–H and O–H groups in total. The first kappa shape index (κ1) is 20.5. The second-order valence-electron chi connectivity index (χ2n) is 5.83. The molecule has 3 nitrogen and oxygen atoms in total. The van der Waals surface area contributed by atoms with Gasteiger partial charge >= 0.3 is 0 Å². The van der Waals surface area contributed by atoms with Crippen molar-refractivity contribution in [2.75, 3.05) is 26.2 Å². The topological polar surface area (TPSA) is 35.5 Å². The van der Waals surface area contributed by atoms with Gasteiger partial charge in [-0.25, -0.2) is 0 Å². The van der Waals surface area contributed by atoms with Crippen molar-refractivity contribution in [2.24, 2.45) is 5.92 Å². The first-order valence-corrected chi connectivity index (χ1v) is 7.41. The molecule has 2 rings (SSSR count). The van der Waals surface area contributed by atoms with Crippen LogP contribution in [0, 0.1) is 5.92 Å². The van der Waals surface area contributed by atoms with Crippen LogP contribution in [-0.4, -0.2) is 36.2 Å². The molecule has 1 aliphatic rings. The fraction of sp³-hybridized carbons (Fsp3) is 0.625. The number of phenols is 1. The van der Waals surface area contributed by atoms with Crippen LogP contribution in [0.1, 0.15) is 38.3 Å². The molecule has 21 heavy (non-hydrogen) atoms. The van der Waals surface area contributed by atoms with Gasteiger partial charge in [0.2, 0.25) is 0 Å². The number of phenolic OH excluding ortho intramolecular Hbond substituents is 1. The number of halogens is 2. The average molecular weight is 335 g/mol. The smallest absolute Gasteiger partial charge is 0.120 e. The second-order valence-corrected chi connectivity index (χ2v) is 5.83. The van der Waals surface area contributed by atoms with E-state index in [0.717, 1.165) is 38.2 Å². The van der Waals surface area contributed by atoms with Gasteiger partial charge in [-0.3, -0.25) is 4.90 Å². The Morgan fingerprint density at radius 1 is 1.10 bits per heavy atom. The summed E-state index contributed by atoms with van der Waals surface area (Å²) in [6.07, 6.45) is 2.32. The highest BCUT2D eigenvalue weighted by molar-refractivity contribution is 5.85. The van der Waals surface area contributed by atoms with Gasteiger partial charge in [0.1, 0.15) is 5.75 Å². The van der Waals surface area contributed by atoms with E-state index in [1.807, 2.05) is 12.1 Å². The summed E-state index contributed by atoms with van der Waals surface area (Å²) in [5, 5.41) is 13.5. The highest BCUT2D eigenvalue weighted by atomic mass is 35.5. The number of piperazine rings is 1. The lowest BCUT2D eigenvalue weighted by Crippen LogP contribution is -2.45. The highest BCUT2D eigenvalue weighted by Gasteiger charge is 2.24. The molecule has 0 radical (unpaired) electrons. The lowest BCUT2D eigenvalue weighted by molar-refractivity contribution is 0.157. The molecule has 0 bridgehead atoms. The van der Waals surface area contributed by atoms with Crippen molar-refractivity contribution in [3.8, 4) is 5.75 Å². The van der Waals surface area contributed by atoms with Crippen LogP contribution < -0.4 is 5.32 Å². The summed E-state index contributed by atoms with van der Waals surface area (Å²) >= 11 is 0. The molecule has 1 atom stereocenters. The molecule has 1 aromatic rings. The van der Waals surface area contributed by atoms with E-state index >= 15 is 0 Å². The van der Waals surface area contributed by atoms with Crippen LogP contribution in [0.4, 0.5) is 0 Å². The summed E-state index contributed by atoms with van der Waals surface area (Å²) in [4.78, 5) is 2.51. The Bertz CT molecular complexity index is 396. The minimum absolute atomic E-state index is 0. The number of benzene rings is 1. The summed E-state index contributed by atoms with van der Waals surface area (Å²) in [6, 6.07) is 8.16. The summed E-state index contributed by atoms with van der Waals surface area (Å²) in [5.41, 5.74) is 1.09. The van der Waals surface area contributed by atoms with Gasteiger partial charge in [0.05, 0.1) is 0 Å². The predicted molar refractivity (Wildman–Crippen MR) is 93.9 cm³/mol. The molecule has 0 saturated carbocycles. The van der Waals surface area contributed by atoms with E-state index in [0.29, 0.717) is 17.7 Å². The highest BCUT2D eigenvalue weighted by Crippen LogP contribution is 2.33. The largest absolute Gasteiger partial charge is 0.508 e. The van der Waals surface area contributed by atoms with Crippen LogP contribution in [0.15, 0.2) is 24.3 Å². The van der Waals surface area contributed by atoms with Crippen molar-refractivity contribution < 1.29 is 5.11 Å². The molecular formula is C16H28Cl2N2O. The van der Waals surface area contributed by atoms with Crippen LogP contribution in [0.5, 0.6) is 5.75 Å². The van der Waals surface area contributed by atoms with Crippen molar-refractivity contribution in [1.29, 1.82) is 0 Å². The molecule has 1 heterocycles. The standard InChI is InChI=1S/C16H26N2O.2ClH/c1-13(2)7-8-15(18-11-9-17-10-12-18)14-5-3-4-6-16(14)19;;/h3-6,13,15,17,19H,7-12H2,1-2H3;2*1H/t15-;;/m1../s1. The number of nitrogens with one attached hydrogen (secondary N) is 1. The number of rotatable bonds is 5. The van der Waals surface area contributed by atoms with Gasteiger partial charge < -0.3 is 10.4 Å². The first-order chi connectivity index (χ1) is 9.18. The fourth-order valence-electron chi connectivity index (χ4n) is 2.79. The van der Waals surface area contributed by atoms with Gasteiger partial charge in [-0.2, -0.15) is 0 Å². The van der Waals surface area contributed by atoms with Crippen molar-refractivity contribution in [1.82, 2.24) is 10.2 Å². The third-order valence-corrected chi connectivity index (χ3v) is 3.91. The Balaban J connectivity index is 0.00000200. The Morgan fingerprint density at radius 2 is 1.71 bits per heavy atom.